The molecule has 3 amide bonds. The summed E-state index contributed by atoms with van der Waals surface area (Å²) in [6.07, 6.45) is 1.79. The van der Waals surface area contributed by atoms with Gasteiger partial charge in [-0.2, -0.15) is 0 Å². The Labute approximate surface area is 107 Å². The SMILES string of the molecule is COCCOCCCCNC(C)C(=O)NC(N)=O. The molecule has 0 aliphatic heterocycles. The highest BCUT2D eigenvalue weighted by Gasteiger charge is 2.12. The van der Waals surface area contributed by atoms with Gasteiger partial charge in [-0.25, -0.2) is 4.79 Å². The number of carbonyl (C=O) groups is 2. The van der Waals surface area contributed by atoms with Gasteiger partial charge >= 0.3 is 6.03 Å². The molecule has 7 nitrogen and oxygen atoms in total. The van der Waals surface area contributed by atoms with Crippen LogP contribution >= 0.6 is 0 Å². The van der Waals surface area contributed by atoms with Gasteiger partial charge in [-0.05, 0) is 26.3 Å². The van der Waals surface area contributed by atoms with Crippen molar-refractivity contribution in [3.63, 3.8) is 0 Å². The Kier molecular flexibility index (Phi) is 10.2. The van der Waals surface area contributed by atoms with E-state index in [9.17, 15) is 9.59 Å². The normalized spacial score (nSPS) is 12.1. The smallest absolute Gasteiger partial charge is 0.318 e. The Hall–Kier alpha value is -1.18. The highest BCUT2D eigenvalue weighted by atomic mass is 16.5. The summed E-state index contributed by atoms with van der Waals surface area (Å²) in [6.45, 7) is 4.23. The van der Waals surface area contributed by atoms with Crippen molar-refractivity contribution in [3.8, 4) is 0 Å². The third-order valence-electron chi connectivity index (χ3n) is 2.24. The summed E-state index contributed by atoms with van der Waals surface area (Å²) in [6, 6.07) is -1.27. The first-order chi connectivity index (χ1) is 8.57. The van der Waals surface area contributed by atoms with E-state index in [0.29, 0.717) is 26.4 Å². The van der Waals surface area contributed by atoms with E-state index in [1.54, 1.807) is 14.0 Å². The van der Waals surface area contributed by atoms with Crippen molar-refractivity contribution in [1.82, 2.24) is 10.6 Å². The maximum absolute atomic E-state index is 11.3. The molecular formula is C11H23N3O4. The highest BCUT2D eigenvalue weighted by molar-refractivity contribution is 5.96. The summed E-state index contributed by atoms with van der Waals surface area (Å²) in [5.74, 6) is -0.418. The zero-order valence-corrected chi connectivity index (χ0v) is 11.0. The van der Waals surface area contributed by atoms with Crippen LogP contribution in [0, 0.1) is 0 Å². The molecule has 1 atom stereocenters. The number of rotatable bonds is 10. The fraction of sp³-hybridized carbons (Fsp3) is 0.818. The molecule has 7 heteroatoms. The highest BCUT2D eigenvalue weighted by Crippen LogP contribution is 1.90. The first-order valence-corrected chi connectivity index (χ1v) is 5.98. The van der Waals surface area contributed by atoms with E-state index in [1.807, 2.05) is 5.32 Å². The molecule has 0 spiro atoms. The zero-order valence-electron chi connectivity index (χ0n) is 11.0. The number of hydrogen-bond donors (Lipinski definition) is 3. The summed E-state index contributed by atoms with van der Waals surface area (Å²) in [4.78, 5) is 21.7. The fourth-order valence-corrected chi connectivity index (χ4v) is 1.21. The molecular weight excluding hydrogens is 238 g/mol. The minimum atomic E-state index is -0.833. The molecule has 0 aliphatic carbocycles. The monoisotopic (exact) mass is 261 g/mol. The number of nitrogens with two attached hydrogens (primary N) is 1. The lowest BCUT2D eigenvalue weighted by Gasteiger charge is -2.12. The molecule has 0 aliphatic rings. The molecule has 0 heterocycles. The van der Waals surface area contributed by atoms with Gasteiger partial charge < -0.3 is 20.5 Å². The number of amides is 3. The molecule has 0 saturated carbocycles. The summed E-state index contributed by atoms with van der Waals surface area (Å²) >= 11 is 0. The second-order valence-corrected chi connectivity index (χ2v) is 3.84. The van der Waals surface area contributed by atoms with E-state index in [2.05, 4.69) is 5.32 Å². The van der Waals surface area contributed by atoms with Crippen molar-refractivity contribution in [2.75, 3.05) is 33.5 Å². The summed E-state index contributed by atoms with van der Waals surface area (Å²) in [7, 11) is 1.63. The van der Waals surface area contributed by atoms with Crippen LogP contribution in [0.4, 0.5) is 4.79 Å². The van der Waals surface area contributed by atoms with Gasteiger partial charge in [0.05, 0.1) is 19.3 Å². The lowest BCUT2D eigenvalue weighted by molar-refractivity contribution is -0.121. The maximum atomic E-state index is 11.3. The number of unbranched alkanes of at least 4 members (excludes halogenated alkanes) is 1. The van der Waals surface area contributed by atoms with E-state index in [0.717, 1.165) is 12.8 Å². The average Bonchev–Trinajstić information content (AvgIpc) is 2.31. The number of imide groups is 1. The molecule has 0 aromatic heterocycles. The van der Waals surface area contributed by atoms with Gasteiger partial charge in [-0.15, -0.1) is 0 Å². The standard InChI is InChI=1S/C11H23N3O4/c1-9(10(15)14-11(12)16)13-5-3-4-6-18-8-7-17-2/h9,13H,3-8H2,1-2H3,(H3,12,14,15,16). The molecule has 106 valence electrons. The van der Waals surface area contributed by atoms with Crippen molar-refractivity contribution in [1.29, 1.82) is 0 Å². The first-order valence-electron chi connectivity index (χ1n) is 5.98. The molecule has 18 heavy (non-hydrogen) atoms. The van der Waals surface area contributed by atoms with Crippen LogP contribution in [0.25, 0.3) is 0 Å². The van der Waals surface area contributed by atoms with Crippen LogP contribution in [0.3, 0.4) is 0 Å². The van der Waals surface area contributed by atoms with Crippen LogP contribution in [0.15, 0.2) is 0 Å². The van der Waals surface area contributed by atoms with Gasteiger partial charge in [0.2, 0.25) is 5.91 Å². The van der Waals surface area contributed by atoms with E-state index in [-0.39, 0.29) is 0 Å². The number of primary amides is 1. The van der Waals surface area contributed by atoms with Crippen molar-refractivity contribution >= 4 is 11.9 Å². The van der Waals surface area contributed by atoms with Crippen molar-refractivity contribution in [3.05, 3.63) is 0 Å². The van der Waals surface area contributed by atoms with Crippen LogP contribution in [-0.4, -0.2) is 51.5 Å². The number of carbonyl (C=O) groups excluding carboxylic acids is 2. The molecule has 0 radical (unpaired) electrons. The summed E-state index contributed by atoms with van der Waals surface area (Å²) in [5.41, 5.74) is 4.84. The van der Waals surface area contributed by atoms with Crippen LogP contribution in [0.2, 0.25) is 0 Å². The topological polar surface area (TPSA) is 103 Å². The van der Waals surface area contributed by atoms with Gasteiger partial charge in [-0.3, -0.25) is 10.1 Å². The van der Waals surface area contributed by atoms with Gasteiger partial charge in [0, 0.05) is 13.7 Å². The lowest BCUT2D eigenvalue weighted by Crippen LogP contribution is -2.46. The van der Waals surface area contributed by atoms with E-state index in [4.69, 9.17) is 15.2 Å². The van der Waals surface area contributed by atoms with Gasteiger partial charge in [0.15, 0.2) is 0 Å². The van der Waals surface area contributed by atoms with Crippen LogP contribution < -0.4 is 16.4 Å². The van der Waals surface area contributed by atoms with Crippen molar-refractivity contribution in [2.24, 2.45) is 5.73 Å². The number of methoxy groups -OCH3 is 1. The molecule has 0 rings (SSSR count). The zero-order chi connectivity index (χ0) is 13.8. The van der Waals surface area contributed by atoms with Crippen LogP contribution in [0.5, 0.6) is 0 Å². The second kappa shape index (κ2) is 10.9. The Bertz CT molecular complexity index is 248. The molecule has 0 aromatic rings. The molecule has 0 aromatic carbocycles. The number of ether oxygens (including phenoxy) is 2. The van der Waals surface area contributed by atoms with Gasteiger partial charge in [0.25, 0.3) is 0 Å². The number of hydrogen-bond acceptors (Lipinski definition) is 5. The van der Waals surface area contributed by atoms with Crippen molar-refractivity contribution < 1.29 is 19.1 Å². The summed E-state index contributed by atoms with van der Waals surface area (Å²) in [5, 5.41) is 5.01. The van der Waals surface area contributed by atoms with Gasteiger partial charge in [0.1, 0.15) is 0 Å². The predicted octanol–water partition coefficient (Wildman–Crippen LogP) is -0.397. The first kappa shape index (κ1) is 16.8. The third kappa shape index (κ3) is 10.0. The van der Waals surface area contributed by atoms with Crippen LogP contribution in [-0.2, 0) is 14.3 Å². The third-order valence-corrected chi connectivity index (χ3v) is 2.24. The second-order valence-electron chi connectivity index (χ2n) is 3.84. The lowest BCUT2D eigenvalue weighted by atomic mass is 10.2. The minimum absolute atomic E-state index is 0.418. The van der Waals surface area contributed by atoms with Crippen molar-refractivity contribution in [2.45, 2.75) is 25.8 Å². The number of nitrogens with one attached hydrogen (secondary N) is 2. The Morgan fingerprint density at radius 2 is 1.94 bits per heavy atom. The van der Waals surface area contributed by atoms with E-state index < -0.39 is 18.0 Å². The number of urea groups is 1. The van der Waals surface area contributed by atoms with Gasteiger partial charge in [-0.1, -0.05) is 0 Å². The van der Waals surface area contributed by atoms with E-state index >= 15 is 0 Å². The quantitative estimate of drug-likeness (QED) is 0.464. The minimum Gasteiger partial charge on any atom is -0.382 e. The molecule has 1 unspecified atom stereocenters. The molecule has 0 fully saturated rings. The fourth-order valence-electron chi connectivity index (χ4n) is 1.21. The van der Waals surface area contributed by atoms with E-state index in [1.165, 1.54) is 0 Å². The Morgan fingerprint density at radius 1 is 1.22 bits per heavy atom. The summed E-state index contributed by atoms with van der Waals surface area (Å²) < 4.78 is 10.1. The predicted molar refractivity (Wildman–Crippen MR) is 67.1 cm³/mol. The average molecular weight is 261 g/mol. The Balaban J connectivity index is 3.37. The molecule has 0 saturated heterocycles. The Morgan fingerprint density at radius 3 is 2.56 bits per heavy atom. The van der Waals surface area contributed by atoms with Crippen LogP contribution in [0.1, 0.15) is 19.8 Å². The molecule has 0 bridgehead atoms. The largest absolute Gasteiger partial charge is 0.382 e. The molecule has 4 N–H and O–H groups in total. The maximum Gasteiger partial charge on any atom is 0.318 e.